The first kappa shape index (κ1) is 19.4. The van der Waals surface area contributed by atoms with Crippen LogP contribution in [0.4, 0.5) is 0 Å². The van der Waals surface area contributed by atoms with Crippen molar-refractivity contribution in [2.75, 3.05) is 33.2 Å². The highest BCUT2D eigenvalue weighted by molar-refractivity contribution is 7.10. The predicted octanol–water partition coefficient (Wildman–Crippen LogP) is 2.42. The molecule has 2 N–H and O–H groups in total. The van der Waals surface area contributed by atoms with Gasteiger partial charge in [-0.2, -0.15) is 0 Å². The largest absolute Gasteiger partial charge is 0.350 e. The van der Waals surface area contributed by atoms with Gasteiger partial charge in [-0.15, -0.1) is 23.7 Å². The minimum atomic E-state index is 0. The van der Waals surface area contributed by atoms with Crippen LogP contribution >= 0.6 is 23.7 Å². The average Bonchev–Trinajstić information content (AvgIpc) is 2.90. The molecule has 1 fully saturated rings. The summed E-state index contributed by atoms with van der Waals surface area (Å²) >= 11 is 1.71. The molecule has 22 heavy (non-hydrogen) atoms. The van der Waals surface area contributed by atoms with Crippen molar-refractivity contribution in [1.29, 1.82) is 0 Å². The number of amides is 1. The van der Waals surface area contributed by atoms with Gasteiger partial charge < -0.3 is 10.6 Å². The Balaban J connectivity index is 0.00000242. The number of piperidine rings is 1. The molecular formula is C16H28ClN3OS. The van der Waals surface area contributed by atoms with Crippen LogP contribution in [-0.2, 0) is 11.3 Å². The molecule has 2 rings (SSSR count). The van der Waals surface area contributed by atoms with Crippen LogP contribution in [0.3, 0.4) is 0 Å². The van der Waals surface area contributed by atoms with Gasteiger partial charge in [-0.05, 0) is 75.8 Å². The van der Waals surface area contributed by atoms with Gasteiger partial charge in [0, 0.05) is 4.88 Å². The minimum Gasteiger partial charge on any atom is -0.350 e. The molecule has 1 aromatic heterocycles. The minimum absolute atomic E-state index is 0. The molecule has 0 aliphatic carbocycles. The zero-order valence-electron chi connectivity index (χ0n) is 13.6. The molecule has 0 aromatic carbocycles. The third-order valence-corrected chi connectivity index (χ3v) is 5.31. The van der Waals surface area contributed by atoms with Crippen molar-refractivity contribution < 1.29 is 4.79 Å². The van der Waals surface area contributed by atoms with E-state index in [4.69, 9.17) is 0 Å². The fourth-order valence-corrected chi connectivity index (χ4v) is 3.65. The summed E-state index contributed by atoms with van der Waals surface area (Å²) in [7, 11) is 2.01. The highest BCUT2D eigenvalue weighted by Gasteiger charge is 2.20. The molecule has 0 spiro atoms. The summed E-state index contributed by atoms with van der Waals surface area (Å²) in [4.78, 5) is 15.6. The van der Waals surface area contributed by atoms with Gasteiger partial charge in [0.25, 0.3) is 0 Å². The summed E-state index contributed by atoms with van der Waals surface area (Å²) in [5.41, 5.74) is 1.27. The Kier molecular flexibility index (Phi) is 9.02. The van der Waals surface area contributed by atoms with Crippen LogP contribution in [0.2, 0.25) is 0 Å². The van der Waals surface area contributed by atoms with Crippen molar-refractivity contribution in [3.63, 3.8) is 0 Å². The van der Waals surface area contributed by atoms with E-state index in [9.17, 15) is 4.79 Å². The lowest BCUT2D eigenvalue weighted by molar-refractivity contribution is -0.122. The summed E-state index contributed by atoms with van der Waals surface area (Å²) in [5.74, 6) is 0.974. The molecule has 4 nitrogen and oxygen atoms in total. The summed E-state index contributed by atoms with van der Waals surface area (Å²) in [6, 6.07) is 2.10. The number of hydrogen-bond donors (Lipinski definition) is 2. The monoisotopic (exact) mass is 345 g/mol. The van der Waals surface area contributed by atoms with Crippen molar-refractivity contribution in [3.8, 4) is 0 Å². The molecular weight excluding hydrogens is 318 g/mol. The topological polar surface area (TPSA) is 44.4 Å². The number of rotatable bonds is 7. The van der Waals surface area contributed by atoms with Gasteiger partial charge in [0.1, 0.15) is 0 Å². The van der Waals surface area contributed by atoms with E-state index in [1.54, 1.807) is 11.3 Å². The van der Waals surface area contributed by atoms with Crippen LogP contribution in [0, 0.1) is 12.8 Å². The molecule has 0 saturated carbocycles. The van der Waals surface area contributed by atoms with E-state index in [0.29, 0.717) is 13.1 Å². The highest BCUT2D eigenvalue weighted by atomic mass is 35.5. The zero-order valence-corrected chi connectivity index (χ0v) is 15.2. The first-order valence-corrected chi connectivity index (χ1v) is 8.73. The zero-order chi connectivity index (χ0) is 15.1. The predicted molar refractivity (Wildman–Crippen MR) is 95.9 cm³/mol. The molecule has 2 heterocycles. The first-order valence-electron chi connectivity index (χ1n) is 7.85. The lowest BCUT2D eigenvalue weighted by Crippen LogP contribution is -2.41. The van der Waals surface area contributed by atoms with Crippen molar-refractivity contribution >= 4 is 29.7 Å². The number of thiophene rings is 1. The fraction of sp³-hybridized carbons (Fsp3) is 0.688. The summed E-state index contributed by atoms with van der Waals surface area (Å²) in [5, 5.41) is 8.33. The van der Waals surface area contributed by atoms with Gasteiger partial charge >= 0.3 is 0 Å². The SMILES string of the molecule is CNCCC1CCN(CC(=O)NCc2sccc2C)CC1.Cl. The van der Waals surface area contributed by atoms with Crippen molar-refractivity contribution in [1.82, 2.24) is 15.5 Å². The van der Waals surface area contributed by atoms with E-state index < -0.39 is 0 Å². The van der Waals surface area contributed by atoms with E-state index in [0.717, 1.165) is 25.6 Å². The van der Waals surface area contributed by atoms with E-state index in [-0.39, 0.29) is 18.3 Å². The Labute approximate surface area is 144 Å². The van der Waals surface area contributed by atoms with E-state index in [1.165, 1.54) is 29.7 Å². The second kappa shape index (κ2) is 10.2. The van der Waals surface area contributed by atoms with Crippen LogP contribution in [0.5, 0.6) is 0 Å². The Morgan fingerprint density at radius 3 is 2.73 bits per heavy atom. The molecule has 1 saturated heterocycles. The lowest BCUT2D eigenvalue weighted by atomic mass is 9.93. The normalized spacial score (nSPS) is 16.3. The van der Waals surface area contributed by atoms with Crippen LogP contribution in [0.25, 0.3) is 0 Å². The summed E-state index contributed by atoms with van der Waals surface area (Å²) in [6.45, 7) is 6.52. The fourth-order valence-electron chi connectivity index (χ4n) is 2.80. The molecule has 0 atom stereocenters. The van der Waals surface area contributed by atoms with E-state index in [2.05, 4.69) is 33.9 Å². The molecule has 1 aromatic rings. The molecule has 0 bridgehead atoms. The van der Waals surface area contributed by atoms with Crippen molar-refractivity contribution in [2.24, 2.45) is 5.92 Å². The molecule has 0 unspecified atom stereocenters. The van der Waals surface area contributed by atoms with Crippen LogP contribution in [0.15, 0.2) is 11.4 Å². The molecule has 6 heteroatoms. The third-order valence-electron chi connectivity index (χ3n) is 4.29. The second-order valence-electron chi connectivity index (χ2n) is 5.92. The standard InChI is InChI=1S/C16H27N3OS.ClH/c1-13-6-10-21-15(13)11-18-16(20)12-19-8-4-14(5-9-19)3-7-17-2;/h6,10,14,17H,3-5,7-9,11-12H2,1-2H3,(H,18,20);1H. The number of hydrogen-bond acceptors (Lipinski definition) is 4. The van der Waals surface area contributed by atoms with Crippen molar-refractivity contribution in [3.05, 3.63) is 21.9 Å². The smallest absolute Gasteiger partial charge is 0.234 e. The van der Waals surface area contributed by atoms with Gasteiger partial charge in [-0.3, -0.25) is 9.69 Å². The number of carbonyl (C=O) groups excluding carboxylic acids is 1. The maximum absolute atomic E-state index is 12.0. The molecule has 1 aliphatic rings. The maximum Gasteiger partial charge on any atom is 0.234 e. The Bertz CT molecular complexity index is 444. The molecule has 1 aliphatic heterocycles. The highest BCUT2D eigenvalue weighted by Crippen LogP contribution is 2.19. The summed E-state index contributed by atoms with van der Waals surface area (Å²) < 4.78 is 0. The van der Waals surface area contributed by atoms with Crippen molar-refractivity contribution in [2.45, 2.75) is 32.7 Å². The Hall–Kier alpha value is -0.620. The average molecular weight is 346 g/mol. The molecule has 0 radical (unpaired) electrons. The van der Waals surface area contributed by atoms with Gasteiger partial charge in [0.2, 0.25) is 5.91 Å². The number of halogens is 1. The van der Waals surface area contributed by atoms with Crippen LogP contribution in [-0.4, -0.2) is 44.0 Å². The summed E-state index contributed by atoms with van der Waals surface area (Å²) in [6.07, 6.45) is 3.70. The van der Waals surface area contributed by atoms with Gasteiger partial charge in [0.05, 0.1) is 13.1 Å². The van der Waals surface area contributed by atoms with Crippen LogP contribution in [0.1, 0.15) is 29.7 Å². The van der Waals surface area contributed by atoms with E-state index >= 15 is 0 Å². The second-order valence-corrected chi connectivity index (χ2v) is 6.92. The Morgan fingerprint density at radius 2 is 2.14 bits per heavy atom. The number of likely N-dealkylation sites (tertiary alicyclic amines) is 1. The van der Waals surface area contributed by atoms with Gasteiger partial charge in [-0.25, -0.2) is 0 Å². The number of aryl methyl sites for hydroxylation is 1. The Morgan fingerprint density at radius 1 is 1.41 bits per heavy atom. The lowest BCUT2D eigenvalue weighted by Gasteiger charge is -2.31. The van der Waals surface area contributed by atoms with Gasteiger partial charge in [-0.1, -0.05) is 0 Å². The number of nitrogens with one attached hydrogen (secondary N) is 2. The quantitative estimate of drug-likeness (QED) is 0.797. The maximum atomic E-state index is 12.0. The first-order chi connectivity index (χ1) is 10.2. The van der Waals surface area contributed by atoms with E-state index in [1.807, 2.05) is 7.05 Å². The molecule has 1 amide bonds. The third kappa shape index (κ3) is 6.24. The number of nitrogens with zero attached hydrogens (tertiary/aromatic N) is 1. The van der Waals surface area contributed by atoms with Gasteiger partial charge in [0.15, 0.2) is 0 Å². The molecule has 126 valence electrons. The number of carbonyl (C=O) groups is 1. The van der Waals surface area contributed by atoms with Crippen LogP contribution < -0.4 is 10.6 Å².